The average Bonchev–Trinajstić information content (AvgIpc) is 2.95. The van der Waals surface area contributed by atoms with Gasteiger partial charge in [0.15, 0.2) is 0 Å². The summed E-state index contributed by atoms with van der Waals surface area (Å²) in [5.41, 5.74) is 9.18. The lowest BCUT2D eigenvalue weighted by Gasteiger charge is -2.24. The summed E-state index contributed by atoms with van der Waals surface area (Å²) in [6.45, 7) is 2.56. The maximum absolute atomic E-state index is 6.22. The van der Waals surface area contributed by atoms with E-state index in [2.05, 4.69) is 21.7 Å². The first-order valence-corrected chi connectivity index (χ1v) is 7.52. The van der Waals surface area contributed by atoms with E-state index >= 15 is 0 Å². The quantitative estimate of drug-likeness (QED) is 0.867. The number of rotatable bonds is 2. The molecule has 0 amide bonds. The molecule has 2 unspecified atom stereocenters. The third-order valence-corrected chi connectivity index (χ3v) is 5.04. The minimum atomic E-state index is 0.288. The van der Waals surface area contributed by atoms with Crippen molar-refractivity contribution >= 4 is 0 Å². The van der Waals surface area contributed by atoms with Crippen LogP contribution in [0.25, 0.3) is 0 Å². The van der Waals surface area contributed by atoms with Crippen molar-refractivity contribution in [3.63, 3.8) is 0 Å². The summed E-state index contributed by atoms with van der Waals surface area (Å²) < 4.78 is 2.55. The monoisotopic (exact) mass is 245 g/mol. The number of hydrogen-bond acceptors (Lipinski definition) is 2. The SMILES string of the molecule is NC1CCCc2c1ccn2C1CCN(C2CC2)C1. The number of nitrogens with two attached hydrogens (primary N) is 1. The highest BCUT2D eigenvalue weighted by molar-refractivity contribution is 5.29. The van der Waals surface area contributed by atoms with E-state index in [1.807, 2.05) is 0 Å². The molecule has 18 heavy (non-hydrogen) atoms. The van der Waals surface area contributed by atoms with Gasteiger partial charge >= 0.3 is 0 Å². The van der Waals surface area contributed by atoms with Crippen molar-refractivity contribution in [2.75, 3.05) is 13.1 Å². The first-order chi connectivity index (χ1) is 8.83. The third kappa shape index (κ3) is 1.72. The molecular formula is C15H23N3. The predicted molar refractivity (Wildman–Crippen MR) is 72.5 cm³/mol. The van der Waals surface area contributed by atoms with Crippen molar-refractivity contribution in [2.45, 2.75) is 56.7 Å². The van der Waals surface area contributed by atoms with E-state index < -0.39 is 0 Å². The molecule has 0 bridgehead atoms. The Hall–Kier alpha value is -0.800. The Morgan fingerprint density at radius 3 is 2.83 bits per heavy atom. The second kappa shape index (κ2) is 4.10. The summed E-state index contributed by atoms with van der Waals surface area (Å²) in [7, 11) is 0. The maximum Gasteiger partial charge on any atom is 0.0472 e. The zero-order valence-electron chi connectivity index (χ0n) is 11.0. The first kappa shape index (κ1) is 11.1. The first-order valence-electron chi connectivity index (χ1n) is 7.52. The molecule has 1 aromatic rings. The van der Waals surface area contributed by atoms with Crippen LogP contribution in [-0.2, 0) is 6.42 Å². The van der Waals surface area contributed by atoms with Crippen molar-refractivity contribution in [1.82, 2.24) is 9.47 Å². The lowest BCUT2D eigenvalue weighted by molar-refractivity contribution is 0.312. The van der Waals surface area contributed by atoms with Crippen LogP contribution in [0.5, 0.6) is 0 Å². The topological polar surface area (TPSA) is 34.2 Å². The summed E-state index contributed by atoms with van der Waals surface area (Å²) >= 11 is 0. The minimum Gasteiger partial charge on any atom is -0.347 e. The van der Waals surface area contributed by atoms with Crippen molar-refractivity contribution in [1.29, 1.82) is 0 Å². The normalized spacial score (nSPS) is 32.7. The molecule has 3 nitrogen and oxygen atoms in total. The van der Waals surface area contributed by atoms with E-state index in [0.717, 1.165) is 12.5 Å². The van der Waals surface area contributed by atoms with Gasteiger partial charge in [-0.15, -0.1) is 0 Å². The van der Waals surface area contributed by atoms with E-state index in [-0.39, 0.29) is 6.04 Å². The predicted octanol–water partition coefficient (Wildman–Crippen LogP) is 2.23. The molecule has 98 valence electrons. The van der Waals surface area contributed by atoms with E-state index in [9.17, 15) is 0 Å². The highest BCUT2D eigenvalue weighted by Gasteiger charge is 2.35. The largest absolute Gasteiger partial charge is 0.347 e. The van der Waals surface area contributed by atoms with Crippen LogP contribution in [0, 0.1) is 0 Å². The fourth-order valence-electron chi connectivity index (χ4n) is 3.86. The van der Waals surface area contributed by atoms with Gasteiger partial charge < -0.3 is 10.3 Å². The Morgan fingerprint density at radius 2 is 2.00 bits per heavy atom. The van der Waals surface area contributed by atoms with Crippen LogP contribution >= 0.6 is 0 Å². The molecule has 1 aliphatic heterocycles. The molecule has 0 radical (unpaired) electrons. The van der Waals surface area contributed by atoms with Crippen LogP contribution in [-0.4, -0.2) is 28.6 Å². The molecule has 3 aliphatic rings. The molecule has 3 heteroatoms. The van der Waals surface area contributed by atoms with Gasteiger partial charge in [-0.2, -0.15) is 0 Å². The summed E-state index contributed by atoms with van der Waals surface area (Å²) in [4.78, 5) is 2.69. The zero-order valence-corrected chi connectivity index (χ0v) is 11.0. The van der Waals surface area contributed by atoms with Gasteiger partial charge in [-0.1, -0.05) is 0 Å². The van der Waals surface area contributed by atoms with Gasteiger partial charge in [0, 0.05) is 43.1 Å². The third-order valence-electron chi connectivity index (χ3n) is 5.04. The Labute approximate surface area is 109 Å². The maximum atomic E-state index is 6.22. The minimum absolute atomic E-state index is 0.288. The Balaban J connectivity index is 1.58. The molecule has 4 rings (SSSR count). The van der Waals surface area contributed by atoms with Gasteiger partial charge in [-0.25, -0.2) is 0 Å². The molecule has 2 atom stereocenters. The highest BCUT2D eigenvalue weighted by Crippen LogP contribution is 2.36. The summed E-state index contributed by atoms with van der Waals surface area (Å²) in [5, 5.41) is 0. The van der Waals surface area contributed by atoms with Gasteiger partial charge in [0.25, 0.3) is 0 Å². The van der Waals surface area contributed by atoms with Crippen molar-refractivity contribution < 1.29 is 0 Å². The Kier molecular flexibility index (Phi) is 2.52. The number of fused-ring (bicyclic) bond motifs is 1. The highest BCUT2D eigenvalue weighted by atomic mass is 15.2. The summed E-state index contributed by atoms with van der Waals surface area (Å²) in [6.07, 6.45) is 10.1. The van der Waals surface area contributed by atoms with E-state index in [1.165, 1.54) is 56.5 Å². The van der Waals surface area contributed by atoms with Crippen molar-refractivity contribution in [3.8, 4) is 0 Å². The molecule has 2 N–H and O–H groups in total. The number of likely N-dealkylation sites (tertiary alicyclic amines) is 1. The number of nitrogens with zero attached hydrogens (tertiary/aromatic N) is 2. The smallest absolute Gasteiger partial charge is 0.0472 e. The summed E-state index contributed by atoms with van der Waals surface area (Å²) in [6, 6.07) is 4.19. The van der Waals surface area contributed by atoms with E-state index in [4.69, 9.17) is 5.73 Å². The van der Waals surface area contributed by atoms with Crippen LogP contribution in [0.15, 0.2) is 12.3 Å². The second-order valence-electron chi connectivity index (χ2n) is 6.29. The van der Waals surface area contributed by atoms with Gasteiger partial charge in [0.2, 0.25) is 0 Å². The fraction of sp³-hybridized carbons (Fsp3) is 0.733. The lowest BCUT2D eigenvalue weighted by atomic mass is 9.93. The van der Waals surface area contributed by atoms with Crippen LogP contribution in [0.3, 0.4) is 0 Å². The van der Waals surface area contributed by atoms with Crippen molar-refractivity contribution in [3.05, 3.63) is 23.5 Å². The molecule has 1 saturated heterocycles. The molecule has 2 aliphatic carbocycles. The lowest BCUT2D eigenvalue weighted by Crippen LogP contribution is -2.25. The second-order valence-corrected chi connectivity index (χ2v) is 6.29. The van der Waals surface area contributed by atoms with Gasteiger partial charge in [0.1, 0.15) is 0 Å². The standard InChI is InChI=1S/C15H23N3/c16-14-2-1-3-15-13(14)7-9-18(15)12-6-8-17(10-12)11-4-5-11/h7,9,11-12,14H,1-6,8,10,16H2. The molecule has 1 saturated carbocycles. The molecular weight excluding hydrogens is 222 g/mol. The van der Waals surface area contributed by atoms with Crippen LogP contribution in [0.4, 0.5) is 0 Å². The molecule has 2 heterocycles. The molecule has 1 aromatic heterocycles. The van der Waals surface area contributed by atoms with Crippen molar-refractivity contribution in [2.24, 2.45) is 5.73 Å². The number of hydrogen-bond donors (Lipinski definition) is 1. The van der Waals surface area contributed by atoms with Gasteiger partial charge in [-0.3, -0.25) is 4.90 Å². The van der Waals surface area contributed by atoms with Crippen LogP contribution < -0.4 is 5.73 Å². The molecule has 0 spiro atoms. The summed E-state index contributed by atoms with van der Waals surface area (Å²) in [5.74, 6) is 0. The zero-order chi connectivity index (χ0) is 12.1. The molecule has 2 fully saturated rings. The van der Waals surface area contributed by atoms with Gasteiger partial charge in [0.05, 0.1) is 0 Å². The molecule has 0 aromatic carbocycles. The van der Waals surface area contributed by atoms with Crippen LogP contribution in [0.2, 0.25) is 0 Å². The Bertz CT molecular complexity index is 447. The average molecular weight is 245 g/mol. The Morgan fingerprint density at radius 1 is 1.11 bits per heavy atom. The van der Waals surface area contributed by atoms with E-state index in [1.54, 1.807) is 0 Å². The fourth-order valence-corrected chi connectivity index (χ4v) is 3.86. The van der Waals surface area contributed by atoms with E-state index in [0.29, 0.717) is 6.04 Å². The number of aromatic nitrogens is 1. The van der Waals surface area contributed by atoms with Crippen LogP contribution in [0.1, 0.15) is 55.4 Å². The van der Waals surface area contributed by atoms with Gasteiger partial charge in [-0.05, 0) is 50.2 Å².